The Kier molecular flexibility index (Phi) is 6.30. The second-order valence-electron chi connectivity index (χ2n) is 6.83. The molecule has 1 aromatic heterocycles. The Labute approximate surface area is 160 Å². The van der Waals surface area contributed by atoms with Crippen molar-refractivity contribution in [3.63, 3.8) is 0 Å². The fourth-order valence-corrected chi connectivity index (χ4v) is 3.81. The quantitative estimate of drug-likeness (QED) is 0.748. The zero-order valence-corrected chi connectivity index (χ0v) is 16.3. The van der Waals surface area contributed by atoms with Crippen molar-refractivity contribution < 1.29 is 13.5 Å². The summed E-state index contributed by atoms with van der Waals surface area (Å²) in [6.45, 7) is 4.69. The zero-order chi connectivity index (χ0) is 19.3. The molecule has 1 unspecified atom stereocenters. The molecule has 7 nitrogen and oxygen atoms in total. The largest absolute Gasteiger partial charge is 0.388 e. The van der Waals surface area contributed by atoms with Crippen LogP contribution in [0.25, 0.3) is 0 Å². The van der Waals surface area contributed by atoms with Gasteiger partial charge in [0, 0.05) is 56.5 Å². The maximum Gasteiger partial charge on any atom is 0.229 e. The Balaban J connectivity index is 1.45. The summed E-state index contributed by atoms with van der Waals surface area (Å²) >= 11 is 0. The fraction of sp³-hybridized carbons (Fsp3) is 0.421. The van der Waals surface area contributed by atoms with Gasteiger partial charge in [-0.3, -0.25) is 14.6 Å². The molecule has 1 aromatic carbocycles. The monoisotopic (exact) mass is 390 g/mol. The van der Waals surface area contributed by atoms with Crippen molar-refractivity contribution in [1.82, 2.24) is 9.88 Å². The molecule has 1 atom stereocenters. The number of benzene rings is 1. The smallest absolute Gasteiger partial charge is 0.229 e. The molecule has 146 valence electrons. The van der Waals surface area contributed by atoms with Crippen molar-refractivity contribution in [2.24, 2.45) is 0 Å². The molecule has 0 spiro atoms. The number of aliphatic hydroxyl groups excluding tert-OH is 1. The molecular formula is C19H26N4O3S. The molecule has 0 amide bonds. The second-order valence-corrected chi connectivity index (χ2v) is 8.58. The van der Waals surface area contributed by atoms with Gasteiger partial charge in [0.2, 0.25) is 10.0 Å². The number of piperazine rings is 1. The van der Waals surface area contributed by atoms with Crippen molar-refractivity contribution >= 4 is 21.4 Å². The molecule has 3 rings (SSSR count). The Morgan fingerprint density at radius 1 is 1.07 bits per heavy atom. The number of nitrogens with one attached hydrogen (secondary N) is 1. The number of sulfonamides is 1. The predicted molar refractivity (Wildman–Crippen MR) is 107 cm³/mol. The summed E-state index contributed by atoms with van der Waals surface area (Å²) in [5, 5.41) is 10.4. The summed E-state index contributed by atoms with van der Waals surface area (Å²) in [4.78, 5) is 8.77. The lowest BCUT2D eigenvalue weighted by atomic mass is 10.1. The Bertz CT molecular complexity index is 820. The molecule has 0 bridgehead atoms. The first-order valence-corrected chi connectivity index (χ1v) is 10.9. The summed E-state index contributed by atoms with van der Waals surface area (Å²) in [7, 11) is -3.29. The average Bonchev–Trinajstić information content (AvgIpc) is 2.66. The van der Waals surface area contributed by atoms with E-state index in [1.54, 1.807) is 24.3 Å². The second kappa shape index (κ2) is 8.69. The van der Waals surface area contributed by atoms with Crippen LogP contribution in [-0.4, -0.2) is 62.4 Å². The highest BCUT2D eigenvalue weighted by atomic mass is 32.2. The molecule has 2 heterocycles. The molecule has 0 saturated carbocycles. The van der Waals surface area contributed by atoms with Gasteiger partial charge in [-0.05, 0) is 36.2 Å². The Hall–Kier alpha value is -2.16. The maximum absolute atomic E-state index is 11.2. The molecule has 1 aliphatic heterocycles. The maximum atomic E-state index is 11.2. The molecule has 0 radical (unpaired) electrons. The number of anilines is 2. The first-order chi connectivity index (χ1) is 12.9. The van der Waals surface area contributed by atoms with E-state index in [4.69, 9.17) is 0 Å². The molecular weight excluding hydrogens is 364 g/mol. The Morgan fingerprint density at radius 3 is 2.30 bits per heavy atom. The van der Waals surface area contributed by atoms with Gasteiger partial charge in [0.1, 0.15) is 0 Å². The highest BCUT2D eigenvalue weighted by molar-refractivity contribution is 7.92. The first kappa shape index (κ1) is 19.6. The van der Waals surface area contributed by atoms with Crippen molar-refractivity contribution in [2.75, 3.05) is 48.6 Å². The number of hydrogen-bond donors (Lipinski definition) is 2. The van der Waals surface area contributed by atoms with Gasteiger partial charge in [0.05, 0.1) is 12.4 Å². The van der Waals surface area contributed by atoms with Gasteiger partial charge in [0.15, 0.2) is 0 Å². The van der Waals surface area contributed by atoms with Gasteiger partial charge in [-0.15, -0.1) is 0 Å². The van der Waals surface area contributed by atoms with Crippen LogP contribution in [0.5, 0.6) is 0 Å². The summed E-state index contributed by atoms with van der Waals surface area (Å²) in [6, 6.07) is 10.9. The van der Waals surface area contributed by atoms with Crippen molar-refractivity contribution in [3.8, 4) is 0 Å². The van der Waals surface area contributed by atoms with E-state index < -0.39 is 16.1 Å². The third kappa shape index (κ3) is 5.92. The minimum atomic E-state index is -3.29. The lowest BCUT2D eigenvalue weighted by molar-refractivity contribution is 0.139. The molecule has 2 N–H and O–H groups in total. The van der Waals surface area contributed by atoms with E-state index in [2.05, 4.69) is 19.5 Å². The van der Waals surface area contributed by atoms with Crippen LogP contribution in [0.1, 0.15) is 18.1 Å². The molecule has 1 aliphatic rings. The van der Waals surface area contributed by atoms with Gasteiger partial charge < -0.3 is 10.0 Å². The van der Waals surface area contributed by atoms with Gasteiger partial charge in [-0.2, -0.15) is 0 Å². The zero-order valence-electron chi connectivity index (χ0n) is 15.5. The summed E-state index contributed by atoms with van der Waals surface area (Å²) < 4.78 is 24.9. The van der Waals surface area contributed by atoms with E-state index >= 15 is 0 Å². The number of pyridine rings is 1. The molecule has 8 heteroatoms. The summed E-state index contributed by atoms with van der Waals surface area (Å²) in [5.41, 5.74) is 2.50. The third-order valence-corrected chi connectivity index (χ3v) is 5.32. The standard InChI is InChI=1S/C19H26N4O3S/c1-27(25,26)21-17-4-2-16(3-5-17)19(24)8-11-22-12-14-23(15-13-22)18-6-9-20-10-7-18/h2-7,9-10,19,21,24H,8,11-15H2,1H3. The molecule has 1 fully saturated rings. The number of aromatic nitrogens is 1. The SMILES string of the molecule is CS(=O)(=O)Nc1ccc(C(O)CCN2CCN(c3ccncc3)CC2)cc1. The number of nitrogens with zero attached hydrogens (tertiary/aromatic N) is 3. The molecule has 0 aliphatic carbocycles. The minimum absolute atomic E-state index is 0.501. The van der Waals surface area contributed by atoms with Crippen LogP contribution >= 0.6 is 0 Å². The van der Waals surface area contributed by atoms with Gasteiger partial charge in [0.25, 0.3) is 0 Å². The van der Waals surface area contributed by atoms with Gasteiger partial charge in [-0.25, -0.2) is 8.42 Å². The number of hydrogen-bond acceptors (Lipinski definition) is 6. The summed E-state index contributed by atoms with van der Waals surface area (Å²) in [6.07, 6.45) is 4.83. The lowest BCUT2D eigenvalue weighted by Gasteiger charge is -2.36. The van der Waals surface area contributed by atoms with Crippen LogP contribution < -0.4 is 9.62 Å². The normalized spacial score (nSPS) is 16.9. The lowest BCUT2D eigenvalue weighted by Crippen LogP contribution is -2.46. The number of aliphatic hydroxyl groups is 1. The summed E-state index contributed by atoms with van der Waals surface area (Å²) in [5.74, 6) is 0. The fourth-order valence-electron chi connectivity index (χ4n) is 3.24. The van der Waals surface area contributed by atoms with Crippen molar-refractivity contribution in [2.45, 2.75) is 12.5 Å². The van der Waals surface area contributed by atoms with E-state index in [1.807, 2.05) is 24.5 Å². The molecule has 1 saturated heterocycles. The minimum Gasteiger partial charge on any atom is -0.388 e. The van der Waals surface area contributed by atoms with Crippen molar-refractivity contribution in [3.05, 3.63) is 54.4 Å². The van der Waals surface area contributed by atoms with E-state index in [1.165, 1.54) is 5.69 Å². The molecule has 2 aromatic rings. The van der Waals surface area contributed by atoms with E-state index in [9.17, 15) is 13.5 Å². The van der Waals surface area contributed by atoms with Gasteiger partial charge in [-0.1, -0.05) is 12.1 Å². The van der Waals surface area contributed by atoms with E-state index in [-0.39, 0.29) is 0 Å². The van der Waals surface area contributed by atoms with Gasteiger partial charge >= 0.3 is 0 Å². The van der Waals surface area contributed by atoms with Crippen LogP contribution in [-0.2, 0) is 10.0 Å². The van der Waals surface area contributed by atoms with Crippen LogP contribution in [0.4, 0.5) is 11.4 Å². The van der Waals surface area contributed by atoms with Crippen LogP contribution in [0.3, 0.4) is 0 Å². The highest BCUT2D eigenvalue weighted by Crippen LogP contribution is 2.21. The third-order valence-electron chi connectivity index (χ3n) is 4.72. The average molecular weight is 391 g/mol. The Morgan fingerprint density at radius 2 is 1.70 bits per heavy atom. The van der Waals surface area contributed by atoms with Crippen LogP contribution in [0.15, 0.2) is 48.8 Å². The van der Waals surface area contributed by atoms with Crippen LogP contribution in [0.2, 0.25) is 0 Å². The topological polar surface area (TPSA) is 85.8 Å². The van der Waals surface area contributed by atoms with E-state index in [0.717, 1.165) is 44.5 Å². The van der Waals surface area contributed by atoms with E-state index in [0.29, 0.717) is 12.1 Å². The van der Waals surface area contributed by atoms with Crippen molar-refractivity contribution in [1.29, 1.82) is 0 Å². The van der Waals surface area contributed by atoms with Crippen LogP contribution in [0, 0.1) is 0 Å². The number of rotatable bonds is 7. The first-order valence-electron chi connectivity index (χ1n) is 9.04. The predicted octanol–water partition coefficient (Wildman–Crippen LogP) is 1.70. The molecule has 27 heavy (non-hydrogen) atoms. The highest BCUT2D eigenvalue weighted by Gasteiger charge is 2.18.